The molecule has 8 heteroatoms. The Hall–Kier alpha value is -3.23. The highest BCUT2D eigenvalue weighted by atomic mass is 32.2. The molecule has 35 heavy (non-hydrogen) atoms. The van der Waals surface area contributed by atoms with E-state index in [4.69, 9.17) is 4.52 Å². The molecule has 0 aliphatic heterocycles. The molecule has 4 rings (SSSR count). The predicted octanol–water partition coefficient (Wildman–Crippen LogP) is 5.78. The first-order valence-corrected chi connectivity index (χ1v) is 13.3. The molecule has 184 valence electrons. The van der Waals surface area contributed by atoms with Gasteiger partial charge in [-0.2, -0.15) is 0 Å². The minimum atomic E-state index is -3.65. The lowest BCUT2D eigenvalue weighted by molar-refractivity contribution is 0.320. The second-order valence-electron chi connectivity index (χ2n) is 8.81. The fraction of sp³-hybridized carbons (Fsp3) is 0.296. The molecule has 4 aromatic rings. The highest BCUT2D eigenvalue weighted by Gasteiger charge is 2.15. The SMILES string of the molecule is CCCc1ccc(S(=O)(=O)Nc2cccc(CN(C)CCCc3noc4cc(F)ccc34)c2)cc1. The maximum atomic E-state index is 13.3. The summed E-state index contributed by atoms with van der Waals surface area (Å²) in [7, 11) is -1.63. The van der Waals surface area contributed by atoms with Crippen molar-refractivity contribution in [2.45, 2.75) is 44.0 Å². The Bertz CT molecular complexity index is 1380. The molecule has 0 unspecified atom stereocenters. The number of aryl methyl sites for hydroxylation is 2. The summed E-state index contributed by atoms with van der Waals surface area (Å²) in [6.07, 6.45) is 3.53. The standard InChI is InChI=1S/C27H30FN3O3S/c1-3-6-20-10-13-24(14-11-20)35(32,33)30-23-8-4-7-21(17-23)19-31(2)16-5-9-26-25-15-12-22(28)18-27(25)34-29-26/h4,7-8,10-15,17-18,30H,3,5-6,9,16,19H2,1-2H3. The fourth-order valence-corrected chi connectivity index (χ4v) is 5.17. The molecule has 0 fully saturated rings. The van der Waals surface area contributed by atoms with E-state index in [1.54, 1.807) is 24.3 Å². The highest BCUT2D eigenvalue weighted by molar-refractivity contribution is 7.92. The third-order valence-electron chi connectivity index (χ3n) is 5.87. The zero-order chi connectivity index (χ0) is 24.8. The van der Waals surface area contributed by atoms with E-state index in [1.165, 1.54) is 12.1 Å². The number of hydrogen-bond donors (Lipinski definition) is 1. The van der Waals surface area contributed by atoms with Crippen LogP contribution in [0.2, 0.25) is 0 Å². The molecular formula is C27H30FN3O3S. The molecule has 6 nitrogen and oxygen atoms in total. The first-order chi connectivity index (χ1) is 16.8. The molecule has 0 atom stereocenters. The molecule has 1 N–H and O–H groups in total. The summed E-state index contributed by atoms with van der Waals surface area (Å²) in [5.74, 6) is -0.339. The third-order valence-corrected chi connectivity index (χ3v) is 7.26. The van der Waals surface area contributed by atoms with Crippen LogP contribution in [0.15, 0.2) is 76.1 Å². The lowest BCUT2D eigenvalue weighted by Crippen LogP contribution is -2.20. The summed E-state index contributed by atoms with van der Waals surface area (Å²) in [6.45, 7) is 3.58. The van der Waals surface area contributed by atoms with Crippen LogP contribution in [0.4, 0.5) is 10.1 Å². The molecule has 0 aliphatic carbocycles. The quantitative estimate of drug-likeness (QED) is 0.285. The van der Waals surface area contributed by atoms with E-state index in [2.05, 4.69) is 21.7 Å². The Balaban J connectivity index is 1.32. The Morgan fingerprint density at radius 3 is 2.57 bits per heavy atom. The van der Waals surface area contributed by atoms with Gasteiger partial charge in [-0.25, -0.2) is 12.8 Å². The number of aromatic nitrogens is 1. The highest BCUT2D eigenvalue weighted by Crippen LogP contribution is 2.21. The number of anilines is 1. The average molecular weight is 496 g/mol. The van der Waals surface area contributed by atoms with Crippen molar-refractivity contribution in [1.82, 2.24) is 10.1 Å². The lowest BCUT2D eigenvalue weighted by atomic mass is 10.1. The maximum absolute atomic E-state index is 13.3. The van der Waals surface area contributed by atoms with Gasteiger partial charge in [0, 0.05) is 23.7 Å². The van der Waals surface area contributed by atoms with Gasteiger partial charge in [-0.3, -0.25) is 4.72 Å². The topological polar surface area (TPSA) is 75.4 Å². The van der Waals surface area contributed by atoms with Gasteiger partial charge in [-0.1, -0.05) is 42.8 Å². The molecule has 0 spiro atoms. The van der Waals surface area contributed by atoms with Gasteiger partial charge in [0.25, 0.3) is 10.0 Å². The molecule has 0 amide bonds. The van der Waals surface area contributed by atoms with Crippen LogP contribution < -0.4 is 4.72 Å². The summed E-state index contributed by atoms with van der Waals surface area (Å²) in [4.78, 5) is 2.42. The van der Waals surface area contributed by atoms with E-state index in [-0.39, 0.29) is 10.7 Å². The number of hydrogen-bond acceptors (Lipinski definition) is 5. The number of halogens is 1. The largest absolute Gasteiger partial charge is 0.356 e. The number of rotatable bonds is 11. The molecule has 0 saturated heterocycles. The zero-order valence-corrected chi connectivity index (χ0v) is 20.8. The normalized spacial score (nSPS) is 11.9. The summed E-state index contributed by atoms with van der Waals surface area (Å²) >= 11 is 0. The maximum Gasteiger partial charge on any atom is 0.261 e. The zero-order valence-electron chi connectivity index (χ0n) is 20.0. The lowest BCUT2D eigenvalue weighted by Gasteiger charge is -2.17. The van der Waals surface area contributed by atoms with E-state index in [9.17, 15) is 12.8 Å². The number of sulfonamides is 1. The van der Waals surface area contributed by atoms with Crippen LogP contribution in [-0.2, 0) is 29.4 Å². The molecule has 3 aromatic carbocycles. The van der Waals surface area contributed by atoms with Crippen molar-refractivity contribution in [2.75, 3.05) is 18.3 Å². The Labute approximate surface area is 205 Å². The smallest absolute Gasteiger partial charge is 0.261 e. The van der Waals surface area contributed by atoms with E-state index >= 15 is 0 Å². The van der Waals surface area contributed by atoms with E-state index in [0.29, 0.717) is 17.8 Å². The number of nitrogens with one attached hydrogen (secondary N) is 1. The van der Waals surface area contributed by atoms with Crippen LogP contribution in [-0.4, -0.2) is 32.1 Å². The first kappa shape index (κ1) is 24.9. The fourth-order valence-electron chi connectivity index (χ4n) is 4.12. The van der Waals surface area contributed by atoms with Crippen LogP contribution in [0, 0.1) is 5.82 Å². The van der Waals surface area contributed by atoms with Crippen LogP contribution in [0.25, 0.3) is 11.0 Å². The Morgan fingerprint density at radius 2 is 1.80 bits per heavy atom. The summed E-state index contributed by atoms with van der Waals surface area (Å²) in [6, 6.07) is 18.9. The minimum Gasteiger partial charge on any atom is -0.356 e. The van der Waals surface area contributed by atoms with Gasteiger partial charge < -0.3 is 9.42 Å². The van der Waals surface area contributed by atoms with Crippen molar-refractivity contribution in [2.24, 2.45) is 0 Å². The van der Waals surface area contributed by atoms with Crippen molar-refractivity contribution >= 4 is 26.7 Å². The van der Waals surface area contributed by atoms with Gasteiger partial charge in [0.2, 0.25) is 0 Å². The minimum absolute atomic E-state index is 0.253. The van der Waals surface area contributed by atoms with Crippen LogP contribution in [0.5, 0.6) is 0 Å². The second-order valence-corrected chi connectivity index (χ2v) is 10.5. The van der Waals surface area contributed by atoms with Gasteiger partial charge in [-0.15, -0.1) is 0 Å². The van der Waals surface area contributed by atoms with Gasteiger partial charge in [-0.05, 0) is 80.4 Å². The predicted molar refractivity (Wildman–Crippen MR) is 136 cm³/mol. The molecule has 1 heterocycles. The summed E-state index contributed by atoms with van der Waals surface area (Å²) < 4.78 is 46.9. The summed E-state index contributed by atoms with van der Waals surface area (Å²) in [5, 5.41) is 4.92. The Kier molecular flexibility index (Phi) is 7.83. The van der Waals surface area contributed by atoms with Crippen molar-refractivity contribution in [1.29, 1.82) is 0 Å². The number of nitrogens with zero attached hydrogens (tertiary/aromatic N) is 2. The molecule has 0 radical (unpaired) electrons. The first-order valence-electron chi connectivity index (χ1n) is 11.8. The third kappa shape index (κ3) is 6.46. The van der Waals surface area contributed by atoms with Crippen molar-refractivity contribution in [3.05, 3.63) is 89.4 Å². The van der Waals surface area contributed by atoms with Gasteiger partial charge in [0.1, 0.15) is 5.82 Å². The van der Waals surface area contributed by atoms with Gasteiger partial charge in [0.15, 0.2) is 5.58 Å². The van der Waals surface area contributed by atoms with Gasteiger partial charge in [0.05, 0.1) is 10.6 Å². The molecule has 1 aromatic heterocycles. The van der Waals surface area contributed by atoms with Crippen molar-refractivity contribution in [3.63, 3.8) is 0 Å². The molecule has 0 bridgehead atoms. The van der Waals surface area contributed by atoms with Crippen LogP contribution in [0.3, 0.4) is 0 Å². The second kappa shape index (κ2) is 11.0. The van der Waals surface area contributed by atoms with Crippen molar-refractivity contribution < 1.29 is 17.3 Å². The van der Waals surface area contributed by atoms with E-state index in [0.717, 1.165) is 54.4 Å². The van der Waals surface area contributed by atoms with E-state index in [1.807, 2.05) is 37.4 Å². The monoisotopic (exact) mass is 495 g/mol. The van der Waals surface area contributed by atoms with E-state index < -0.39 is 10.0 Å². The Morgan fingerprint density at radius 1 is 1.00 bits per heavy atom. The van der Waals surface area contributed by atoms with Crippen molar-refractivity contribution in [3.8, 4) is 0 Å². The average Bonchev–Trinajstić information content (AvgIpc) is 3.21. The van der Waals surface area contributed by atoms with Crippen LogP contribution >= 0.6 is 0 Å². The number of fused-ring (bicyclic) bond motifs is 1. The summed E-state index contributed by atoms with van der Waals surface area (Å²) in [5.41, 5.74) is 3.96. The molecular weight excluding hydrogens is 465 g/mol. The number of benzene rings is 3. The van der Waals surface area contributed by atoms with Gasteiger partial charge >= 0.3 is 0 Å². The van der Waals surface area contributed by atoms with Crippen LogP contribution in [0.1, 0.15) is 36.6 Å². The molecule has 0 saturated carbocycles. The molecule has 0 aliphatic rings.